The SMILES string of the molecule is c1coc(-c2c3cc[se]c3cc3cc[se]c23)c1.c1coc(-c2c3ccoc3cc3ccoc23)c1.c1coc(-c2c3ccsc3cc3ccsc23)c1.c1coc(-c2cc3cc4[se]ccc4cc3[se]2)c1.c1coc(-c2cc3cc4occc4cc3o2)c1.c1coc(-c2cc3cc4sccc4cc3s2)c1.c1coc(-c2ccc3cc4ccccc4cc3c2)c1. The van der Waals surface area contributed by atoms with E-state index in [0.717, 1.165) is 101 Å². The Morgan fingerprint density at radius 1 is 0.248 bits per heavy atom. The fourth-order valence-electron chi connectivity index (χ4n) is 15.3. The Bertz CT molecular complexity index is 7410. The summed E-state index contributed by atoms with van der Waals surface area (Å²) in [7, 11) is 0. The van der Waals surface area contributed by atoms with Gasteiger partial charge in [-0.1, -0.05) is 36.4 Å². The van der Waals surface area contributed by atoms with Gasteiger partial charge in [0.05, 0.1) is 60.5 Å². The minimum Gasteiger partial charge on any atom is -0.464 e. The second-order valence-corrected chi connectivity index (χ2v) is 40.3. The molecule has 0 bridgehead atoms. The Hall–Kier alpha value is -12.5. The van der Waals surface area contributed by atoms with Gasteiger partial charge in [-0.05, 0) is 218 Å². The summed E-state index contributed by atoms with van der Waals surface area (Å²) in [5, 5.41) is 26.4. The molecule has 0 aliphatic heterocycles. The maximum absolute atomic E-state index is 5.75. The summed E-state index contributed by atoms with van der Waals surface area (Å²) < 4.78 is 73.1. The smallest absolute Gasteiger partial charge is 0.170 e. The summed E-state index contributed by atoms with van der Waals surface area (Å²) in [6.07, 6.45) is 17.0. The van der Waals surface area contributed by atoms with E-state index >= 15 is 0 Å². The molecule has 0 aliphatic rings. The van der Waals surface area contributed by atoms with Gasteiger partial charge in [-0.25, -0.2) is 0 Å². The van der Waals surface area contributed by atoms with Crippen LogP contribution in [0.15, 0.2) is 409 Å². The molecule has 28 rings (SSSR count). The molecule has 9 aromatic carbocycles. The number of rotatable bonds is 7. The van der Waals surface area contributed by atoms with Gasteiger partial charge < -0.3 is 39.8 Å². The van der Waals surface area contributed by atoms with Crippen molar-refractivity contribution in [3.8, 4) is 77.7 Å². The first-order valence-corrected chi connectivity index (χ1v) is 49.2. The largest absolute Gasteiger partial charge is 0.464 e. The van der Waals surface area contributed by atoms with Gasteiger partial charge in [0.1, 0.15) is 45.4 Å². The summed E-state index contributed by atoms with van der Waals surface area (Å²) >= 11 is 9.01. The summed E-state index contributed by atoms with van der Waals surface area (Å²) in [6, 6.07) is 92.1. The Morgan fingerprint density at radius 3 is 1.64 bits per heavy atom. The molecule has 0 N–H and O–H groups in total. The van der Waals surface area contributed by atoms with Crippen LogP contribution in [0.3, 0.4) is 0 Å². The molecule has 582 valence electrons. The van der Waals surface area contributed by atoms with Crippen molar-refractivity contribution >= 4 is 248 Å². The van der Waals surface area contributed by atoms with Crippen molar-refractivity contribution in [1.29, 1.82) is 0 Å². The zero-order chi connectivity index (χ0) is 80.1. The molecule has 0 atom stereocenters. The zero-order valence-corrected chi connectivity index (χ0v) is 73.5. The molecule has 0 unspecified atom stereocenters. The van der Waals surface area contributed by atoms with Crippen molar-refractivity contribution in [1.82, 2.24) is 0 Å². The molecule has 11 nitrogen and oxygen atoms in total. The maximum Gasteiger partial charge on any atom is 0.170 e. The molecular weight excluding hydrogens is 1850 g/mol. The number of benzene rings is 9. The van der Waals surface area contributed by atoms with E-state index in [1.165, 1.54) is 121 Å². The minimum atomic E-state index is 0.394. The number of thiophene rings is 4. The third-order valence-electron chi connectivity index (χ3n) is 20.9. The normalized spacial score (nSPS) is 11.5. The van der Waals surface area contributed by atoms with Crippen molar-refractivity contribution in [2.75, 3.05) is 0 Å². The Morgan fingerprint density at radius 2 is 0.843 bits per heavy atom. The number of furan rings is 11. The van der Waals surface area contributed by atoms with Crippen molar-refractivity contribution in [2.45, 2.75) is 0 Å². The molecule has 19 heteroatoms. The van der Waals surface area contributed by atoms with Gasteiger partial charge in [0, 0.05) is 56.9 Å². The first-order valence-electron chi connectivity index (χ1n) is 38.4. The molecule has 0 saturated heterocycles. The average molecular weight is 1910 g/mol. The van der Waals surface area contributed by atoms with E-state index in [2.05, 4.69) is 183 Å². The van der Waals surface area contributed by atoms with Gasteiger partial charge in [0.15, 0.2) is 11.5 Å². The molecule has 0 radical (unpaired) electrons. The monoisotopic (exact) mass is 1910 g/mol. The van der Waals surface area contributed by atoms with Crippen LogP contribution < -0.4 is 0 Å². The van der Waals surface area contributed by atoms with E-state index in [9.17, 15) is 0 Å². The van der Waals surface area contributed by atoms with E-state index in [0.29, 0.717) is 58.0 Å². The molecule has 28 aromatic rings. The van der Waals surface area contributed by atoms with Gasteiger partial charge in [-0.2, -0.15) is 0 Å². The van der Waals surface area contributed by atoms with Gasteiger partial charge in [-0.15, -0.1) is 45.3 Å². The van der Waals surface area contributed by atoms with Gasteiger partial charge in [0.2, 0.25) is 0 Å². The molecule has 121 heavy (non-hydrogen) atoms. The van der Waals surface area contributed by atoms with Crippen molar-refractivity contribution in [2.24, 2.45) is 0 Å². The van der Waals surface area contributed by atoms with Crippen LogP contribution in [0.2, 0.25) is 0 Å². The second kappa shape index (κ2) is 32.9. The first kappa shape index (κ1) is 74.8. The zero-order valence-electron chi connectivity index (χ0n) is 63.4. The predicted molar refractivity (Wildman–Crippen MR) is 502 cm³/mol. The summed E-state index contributed by atoms with van der Waals surface area (Å²) in [5.74, 6) is 7.13. The van der Waals surface area contributed by atoms with E-state index in [1.54, 1.807) is 108 Å². The van der Waals surface area contributed by atoms with Gasteiger partial charge >= 0.3 is 221 Å². The summed E-state index contributed by atoms with van der Waals surface area (Å²) in [5.41, 5.74) is 8.00. The standard InChI is InChI=1S/C18H12O.2C14H8O3.2C14H8OS2.2C14H8OSe2/c1-2-5-14-11-17-12-16(18-6-3-9-19-18)8-7-15(17)10-13(14)4-1;1-2-11(15-5-1)13-10-4-7-16-12(10)8-9-3-6-17-14(9)13;1-2-11(15-4-1)14-8-10-7-12-9(3-5-16-12)6-13(10)17-14;1-2-11(15-5-1)13-10-4-7-16-12(10)8-9-3-6-17-14(9)13;1-2-11(15-4-1)14-8-10-7-12-9(3-5-16-12)6-13(10)17-14;1-2-11(15-5-1)13-10-4-7-16-12(10)8-9-3-6-17-14(9)13;1-2-11(15-4-1)14-8-10-7-12-9(3-5-16-12)6-13(10)17-14/h1-12H;6*1-8H. The van der Waals surface area contributed by atoms with Crippen LogP contribution in [-0.4, -0.2) is 58.0 Å². The number of hydrogen-bond donors (Lipinski definition) is 0. The fraction of sp³-hybridized carbons (Fsp3) is 0. The third kappa shape index (κ3) is 15.0. The topological polar surface area (TPSA) is 145 Å². The minimum absolute atomic E-state index is 0.394. The predicted octanol–water partition coefficient (Wildman–Crippen LogP) is 31.6. The van der Waals surface area contributed by atoms with Crippen LogP contribution in [0.5, 0.6) is 0 Å². The van der Waals surface area contributed by atoms with Crippen LogP contribution in [-0.2, 0) is 0 Å². The van der Waals surface area contributed by atoms with Crippen molar-refractivity contribution < 1.29 is 48.6 Å². The molecule has 0 aliphatic carbocycles. The number of hydrogen-bond acceptors (Lipinski definition) is 15. The van der Waals surface area contributed by atoms with Crippen LogP contribution >= 0.6 is 45.3 Å². The molecule has 0 amide bonds. The average Bonchev–Trinajstić information content (AvgIpc) is 1.51. The quantitative estimate of drug-likeness (QED) is 0.111. The second-order valence-electron chi connectivity index (χ2n) is 28.2. The number of fused-ring (bicyclic) bond motifs is 14. The Balaban J connectivity index is 0.0000000846. The van der Waals surface area contributed by atoms with E-state index < -0.39 is 0 Å². The first-order chi connectivity index (χ1) is 59.9. The Labute approximate surface area is 727 Å². The third-order valence-corrected chi connectivity index (χ3v) is 32.7. The van der Waals surface area contributed by atoms with E-state index in [4.69, 9.17) is 48.6 Å². The Kier molecular flexibility index (Phi) is 20.3. The van der Waals surface area contributed by atoms with E-state index in [-0.39, 0.29) is 0 Å². The van der Waals surface area contributed by atoms with Crippen LogP contribution in [0.1, 0.15) is 0 Å². The maximum atomic E-state index is 5.75. The van der Waals surface area contributed by atoms with Crippen LogP contribution in [0.25, 0.3) is 222 Å². The van der Waals surface area contributed by atoms with Gasteiger partial charge in [-0.3, -0.25) is 0 Å². The van der Waals surface area contributed by atoms with Crippen LogP contribution in [0.4, 0.5) is 0 Å². The molecule has 19 aromatic heterocycles. The van der Waals surface area contributed by atoms with Crippen molar-refractivity contribution in [3.63, 3.8) is 0 Å². The summed E-state index contributed by atoms with van der Waals surface area (Å²) in [6.45, 7) is 0. The molecule has 0 saturated carbocycles. The summed E-state index contributed by atoms with van der Waals surface area (Å²) in [4.78, 5) is 8.10. The fourth-order valence-corrected chi connectivity index (χ4v) is 26.6. The van der Waals surface area contributed by atoms with Crippen molar-refractivity contribution in [3.05, 3.63) is 361 Å². The van der Waals surface area contributed by atoms with Gasteiger partial charge in [0.25, 0.3) is 0 Å². The molecule has 0 fully saturated rings. The van der Waals surface area contributed by atoms with Crippen LogP contribution in [0, 0.1) is 0 Å². The molecule has 19 heterocycles. The molecule has 0 spiro atoms. The van der Waals surface area contributed by atoms with E-state index in [1.807, 2.05) is 115 Å². The molecular formula is C102H60O11S4Se4.